The number of amides is 1. The van der Waals surface area contributed by atoms with Gasteiger partial charge in [-0.15, -0.1) is 0 Å². The van der Waals surface area contributed by atoms with E-state index in [1.54, 1.807) is 7.11 Å². The maximum Gasteiger partial charge on any atom is 0.258 e. The van der Waals surface area contributed by atoms with Crippen molar-refractivity contribution in [1.29, 1.82) is 0 Å². The first-order chi connectivity index (χ1) is 12.3. The van der Waals surface area contributed by atoms with Gasteiger partial charge in [-0.1, -0.05) is 57.8 Å². The molecule has 140 valence electrons. The van der Waals surface area contributed by atoms with Gasteiger partial charge in [0, 0.05) is 6.04 Å². The summed E-state index contributed by atoms with van der Waals surface area (Å²) < 4.78 is 10.7. The molecule has 1 amide bonds. The van der Waals surface area contributed by atoms with E-state index in [0.29, 0.717) is 11.8 Å². The van der Waals surface area contributed by atoms with Crippen molar-refractivity contribution in [3.05, 3.63) is 24.3 Å². The highest BCUT2D eigenvalue weighted by molar-refractivity contribution is 5.77. The molecular formula is C21H33NO3. The van der Waals surface area contributed by atoms with Crippen LogP contribution in [0.1, 0.15) is 70.6 Å². The molecule has 1 aromatic carbocycles. The van der Waals surface area contributed by atoms with Crippen LogP contribution in [0.4, 0.5) is 0 Å². The summed E-state index contributed by atoms with van der Waals surface area (Å²) in [7, 11) is 1.63. The predicted molar refractivity (Wildman–Crippen MR) is 101 cm³/mol. The molecule has 1 N–H and O–H groups in total. The van der Waals surface area contributed by atoms with E-state index in [2.05, 4.69) is 5.32 Å². The van der Waals surface area contributed by atoms with Crippen molar-refractivity contribution in [2.75, 3.05) is 13.7 Å². The smallest absolute Gasteiger partial charge is 0.258 e. The normalized spacial score (nSPS) is 17.8. The van der Waals surface area contributed by atoms with Gasteiger partial charge in [0.25, 0.3) is 5.91 Å². The van der Waals surface area contributed by atoms with Gasteiger partial charge in [0.2, 0.25) is 0 Å². The van der Waals surface area contributed by atoms with Crippen LogP contribution in [0.3, 0.4) is 0 Å². The molecule has 1 aliphatic carbocycles. The average molecular weight is 347 g/mol. The molecule has 0 radical (unpaired) electrons. The molecule has 0 aliphatic heterocycles. The second-order valence-corrected chi connectivity index (χ2v) is 6.99. The molecule has 0 spiro atoms. The number of nitrogens with one attached hydrogen (secondary N) is 1. The molecule has 0 saturated heterocycles. The molecule has 1 aliphatic rings. The maximum atomic E-state index is 12.2. The third-order valence-electron chi connectivity index (χ3n) is 4.90. The second kappa shape index (κ2) is 11.8. The van der Waals surface area contributed by atoms with Crippen molar-refractivity contribution in [3.8, 4) is 11.5 Å². The van der Waals surface area contributed by atoms with Gasteiger partial charge in [-0.25, -0.2) is 0 Å². The number of methoxy groups -OCH3 is 1. The van der Waals surface area contributed by atoms with E-state index in [0.717, 1.165) is 18.6 Å². The van der Waals surface area contributed by atoms with Crippen LogP contribution in [0.2, 0.25) is 0 Å². The summed E-state index contributed by atoms with van der Waals surface area (Å²) in [4.78, 5) is 12.2. The minimum Gasteiger partial charge on any atom is -0.497 e. The molecule has 0 bridgehead atoms. The SMILES string of the molecule is COc1ccc(OCC(=O)NC2CCCCCCCCCCC2)cc1. The fourth-order valence-electron chi connectivity index (χ4n) is 3.40. The fourth-order valence-corrected chi connectivity index (χ4v) is 3.40. The zero-order valence-electron chi connectivity index (χ0n) is 15.6. The average Bonchev–Trinajstić information content (AvgIpc) is 2.62. The Kier molecular flexibility index (Phi) is 9.24. The van der Waals surface area contributed by atoms with Crippen molar-refractivity contribution in [1.82, 2.24) is 5.32 Å². The third kappa shape index (κ3) is 8.28. The van der Waals surface area contributed by atoms with Crippen LogP contribution in [0.25, 0.3) is 0 Å². The molecular weight excluding hydrogens is 314 g/mol. The first-order valence-electron chi connectivity index (χ1n) is 9.84. The lowest BCUT2D eigenvalue weighted by molar-refractivity contribution is -0.123. The molecule has 25 heavy (non-hydrogen) atoms. The van der Waals surface area contributed by atoms with Crippen LogP contribution in [-0.2, 0) is 4.79 Å². The summed E-state index contributed by atoms with van der Waals surface area (Å²) in [5, 5.41) is 3.18. The Morgan fingerprint density at radius 3 is 1.88 bits per heavy atom. The Hall–Kier alpha value is -1.71. The van der Waals surface area contributed by atoms with Gasteiger partial charge in [-0.3, -0.25) is 4.79 Å². The number of hydrogen-bond donors (Lipinski definition) is 1. The molecule has 4 nitrogen and oxygen atoms in total. The van der Waals surface area contributed by atoms with E-state index in [9.17, 15) is 4.79 Å². The Labute approximate surface area is 152 Å². The van der Waals surface area contributed by atoms with E-state index in [1.807, 2.05) is 24.3 Å². The molecule has 0 atom stereocenters. The first kappa shape index (κ1) is 19.6. The molecule has 1 fully saturated rings. The fraction of sp³-hybridized carbons (Fsp3) is 0.667. The van der Waals surface area contributed by atoms with E-state index >= 15 is 0 Å². The van der Waals surface area contributed by atoms with E-state index in [1.165, 1.54) is 57.8 Å². The van der Waals surface area contributed by atoms with Crippen LogP contribution in [-0.4, -0.2) is 25.7 Å². The Morgan fingerprint density at radius 1 is 0.880 bits per heavy atom. The quantitative estimate of drug-likeness (QED) is 0.827. The highest BCUT2D eigenvalue weighted by Crippen LogP contribution is 2.18. The van der Waals surface area contributed by atoms with E-state index < -0.39 is 0 Å². The zero-order valence-corrected chi connectivity index (χ0v) is 15.6. The molecule has 2 rings (SSSR count). The van der Waals surface area contributed by atoms with Crippen LogP contribution in [0.5, 0.6) is 11.5 Å². The lowest BCUT2D eigenvalue weighted by Gasteiger charge is -2.19. The monoisotopic (exact) mass is 347 g/mol. The van der Waals surface area contributed by atoms with Crippen LogP contribution < -0.4 is 14.8 Å². The summed E-state index contributed by atoms with van der Waals surface area (Å²) in [6.45, 7) is 0.0723. The van der Waals surface area contributed by atoms with Crippen molar-refractivity contribution in [2.45, 2.75) is 76.7 Å². The van der Waals surface area contributed by atoms with Gasteiger partial charge in [0.15, 0.2) is 6.61 Å². The van der Waals surface area contributed by atoms with Gasteiger partial charge in [-0.05, 0) is 37.1 Å². The Morgan fingerprint density at radius 2 is 1.36 bits per heavy atom. The standard InChI is InChI=1S/C21H33NO3/c1-24-19-13-15-20(16-14-19)25-17-21(23)22-18-11-9-7-5-3-2-4-6-8-10-12-18/h13-16,18H,2-12,17H2,1H3,(H,22,23). The van der Waals surface area contributed by atoms with E-state index in [4.69, 9.17) is 9.47 Å². The van der Waals surface area contributed by atoms with Gasteiger partial charge in [-0.2, -0.15) is 0 Å². The third-order valence-corrected chi connectivity index (χ3v) is 4.90. The Bertz CT molecular complexity index is 474. The summed E-state index contributed by atoms with van der Waals surface area (Å²) in [5.74, 6) is 1.45. The lowest BCUT2D eigenvalue weighted by Crippen LogP contribution is -2.38. The topological polar surface area (TPSA) is 47.6 Å². The van der Waals surface area contributed by atoms with Crippen LogP contribution >= 0.6 is 0 Å². The largest absolute Gasteiger partial charge is 0.497 e. The maximum absolute atomic E-state index is 12.2. The molecule has 1 aromatic rings. The van der Waals surface area contributed by atoms with Crippen molar-refractivity contribution in [3.63, 3.8) is 0 Å². The summed E-state index contributed by atoms with van der Waals surface area (Å²) in [6, 6.07) is 7.61. The first-order valence-corrected chi connectivity index (χ1v) is 9.84. The zero-order chi connectivity index (χ0) is 17.7. The molecule has 4 heteroatoms. The van der Waals surface area contributed by atoms with Crippen molar-refractivity contribution in [2.24, 2.45) is 0 Å². The van der Waals surface area contributed by atoms with Crippen molar-refractivity contribution >= 4 is 5.91 Å². The minimum absolute atomic E-state index is 0.0205. The number of benzene rings is 1. The van der Waals surface area contributed by atoms with Gasteiger partial charge in [0.1, 0.15) is 11.5 Å². The molecule has 0 unspecified atom stereocenters. The Balaban J connectivity index is 1.73. The number of hydrogen-bond acceptors (Lipinski definition) is 3. The number of ether oxygens (including phenoxy) is 2. The van der Waals surface area contributed by atoms with E-state index in [-0.39, 0.29) is 12.5 Å². The lowest BCUT2D eigenvalue weighted by atomic mass is 9.98. The predicted octanol–water partition coefficient (Wildman–Crippen LogP) is 4.86. The molecule has 1 saturated carbocycles. The highest BCUT2D eigenvalue weighted by Gasteiger charge is 2.13. The number of rotatable bonds is 5. The van der Waals surface area contributed by atoms with Crippen molar-refractivity contribution < 1.29 is 14.3 Å². The second-order valence-electron chi connectivity index (χ2n) is 6.99. The minimum atomic E-state index is -0.0205. The van der Waals surface area contributed by atoms with Gasteiger partial charge < -0.3 is 14.8 Å². The summed E-state index contributed by atoms with van der Waals surface area (Å²) >= 11 is 0. The summed E-state index contributed by atoms with van der Waals surface area (Å²) in [6.07, 6.45) is 14.0. The van der Waals surface area contributed by atoms with Crippen LogP contribution in [0.15, 0.2) is 24.3 Å². The number of carbonyl (C=O) groups excluding carboxylic acids is 1. The highest BCUT2D eigenvalue weighted by atomic mass is 16.5. The number of carbonyl (C=O) groups is 1. The summed E-state index contributed by atoms with van der Waals surface area (Å²) in [5.41, 5.74) is 0. The molecule has 0 heterocycles. The van der Waals surface area contributed by atoms with Gasteiger partial charge >= 0.3 is 0 Å². The molecule has 0 aromatic heterocycles. The van der Waals surface area contributed by atoms with Gasteiger partial charge in [0.05, 0.1) is 7.11 Å². The van der Waals surface area contributed by atoms with Crippen LogP contribution in [0, 0.1) is 0 Å².